The molecule has 0 aliphatic carbocycles. The van der Waals surface area contributed by atoms with Crippen LogP contribution in [-0.2, 0) is 6.42 Å². The molecule has 0 spiro atoms. The van der Waals surface area contributed by atoms with Crippen LogP contribution in [0, 0.1) is 0 Å². The summed E-state index contributed by atoms with van der Waals surface area (Å²) in [4.78, 5) is 16.5. The van der Waals surface area contributed by atoms with Crippen LogP contribution in [0.1, 0.15) is 16.2 Å². The summed E-state index contributed by atoms with van der Waals surface area (Å²) in [5.74, 6) is 2.11. The van der Waals surface area contributed by atoms with Gasteiger partial charge in [-0.2, -0.15) is 4.98 Å². The van der Waals surface area contributed by atoms with E-state index in [1.807, 2.05) is 24.3 Å². The van der Waals surface area contributed by atoms with Crippen LogP contribution in [0.5, 0.6) is 11.5 Å². The van der Waals surface area contributed by atoms with Gasteiger partial charge in [-0.05, 0) is 36.4 Å². The smallest absolute Gasteiger partial charge is 0.251 e. The zero-order valence-corrected chi connectivity index (χ0v) is 14.6. The number of carbonyl (C=O) groups excluding carboxylic acids is 1. The number of amides is 1. The summed E-state index contributed by atoms with van der Waals surface area (Å²) in [5.41, 5.74) is 1.32. The van der Waals surface area contributed by atoms with E-state index in [4.69, 9.17) is 14.0 Å². The number of ether oxygens (including phenoxy) is 2. The monoisotopic (exact) mass is 353 g/mol. The lowest BCUT2D eigenvalue weighted by molar-refractivity contribution is 0.0953. The fourth-order valence-corrected chi connectivity index (χ4v) is 2.42. The van der Waals surface area contributed by atoms with Gasteiger partial charge in [0, 0.05) is 18.5 Å². The molecule has 3 rings (SSSR count). The molecule has 7 heteroatoms. The highest BCUT2D eigenvalue weighted by Crippen LogP contribution is 2.27. The maximum absolute atomic E-state index is 12.1. The van der Waals surface area contributed by atoms with E-state index in [0.29, 0.717) is 41.7 Å². The molecule has 1 N–H and O–H groups in total. The highest BCUT2D eigenvalue weighted by atomic mass is 16.5. The van der Waals surface area contributed by atoms with Gasteiger partial charge in [0.05, 0.1) is 19.8 Å². The highest BCUT2D eigenvalue weighted by Gasteiger charge is 2.13. The van der Waals surface area contributed by atoms with Gasteiger partial charge in [0.1, 0.15) is 11.5 Å². The minimum absolute atomic E-state index is 0.169. The number of nitrogens with one attached hydrogen (secondary N) is 1. The predicted molar refractivity (Wildman–Crippen MR) is 95.3 cm³/mol. The lowest BCUT2D eigenvalue weighted by Crippen LogP contribution is -2.25. The van der Waals surface area contributed by atoms with Crippen LogP contribution in [0.15, 0.2) is 53.1 Å². The summed E-state index contributed by atoms with van der Waals surface area (Å²) >= 11 is 0. The molecule has 0 radical (unpaired) electrons. The number of carbonyl (C=O) groups is 1. The Morgan fingerprint density at radius 3 is 2.58 bits per heavy atom. The molecule has 0 fully saturated rings. The van der Waals surface area contributed by atoms with Gasteiger partial charge in [0.25, 0.3) is 5.91 Å². The molecule has 3 aromatic rings. The van der Waals surface area contributed by atoms with Crippen LogP contribution in [0.4, 0.5) is 0 Å². The normalized spacial score (nSPS) is 10.4. The standard InChI is InChI=1S/C19H19N3O4/c1-24-14-9-7-13(8-10-14)19(23)20-12-11-17-21-18(22-26-17)15-5-3-4-6-16(15)25-2/h3-10H,11-12H2,1-2H3,(H,20,23). The number of nitrogens with zero attached hydrogens (tertiary/aromatic N) is 2. The molecule has 2 aromatic carbocycles. The van der Waals surface area contributed by atoms with Crippen LogP contribution in [-0.4, -0.2) is 36.8 Å². The van der Waals surface area contributed by atoms with E-state index in [9.17, 15) is 4.79 Å². The second-order valence-electron chi connectivity index (χ2n) is 5.45. The fourth-order valence-electron chi connectivity index (χ4n) is 2.42. The van der Waals surface area contributed by atoms with E-state index in [1.54, 1.807) is 38.5 Å². The fraction of sp³-hybridized carbons (Fsp3) is 0.211. The van der Waals surface area contributed by atoms with E-state index in [-0.39, 0.29) is 5.91 Å². The van der Waals surface area contributed by atoms with Crippen LogP contribution in [0.3, 0.4) is 0 Å². The van der Waals surface area contributed by atoms with Gasteiger partial charge in [0.2, 0.25) is 11.7 Å². The Labute approximate surface area is 150 Å². The summed E-state index contributed by atoms with van der Waals surface area (Å²) in [6, 6.07) is 14.3. The minimum atomic E-state index is -0.169. The molecule has 0 aliphatic rings. The lowest BCUT2D eigenvalue weighted by Gasteiger charge is -2.04. The molecule has 1 aromatic heterocycles. The molecule has 0 saturated carbocycles. The Kier molecular flexibility index (Phi) is 5.48. The van der Waals surface area contributed by atoms with Crippen molar-refractivity contribution in [2.75, 3.05) is 20.8 Å². The molecule has 7 nitrogen and oxygen atoms in total. The quantitative estimate of drug-likeness (QED) is 0.703. The van der Waals surface area contributed by atoms with Crippen molar-refractivity contribution in [3.8, 4) is 22.9 Å². The number of aromatic nitrogens is 2. The van der Waals surface area contributed by atoms with E-state index in [0.717, 1.165) is 5.56 Å². The van der Waals surface area contributed by atoms with E-state index >= 15 is 0 Å². The summed E-state index contributed by atoms with van der Waals surface area (Å²) in [7, 11) is 3.17. The number of methoxy groups -OCH3 is 2. The molecule has 0 saturated heterocycles. The molecule has 1 heterocycles. The molecule has 1 amide bonds. The summed E-state index contributed by atoms with van der Waals surface area (Å²) in [6.07, 6.45) is 0.435. The maximum atomic E-state index is 12.1. The third-order valence-corrected chi connectivity index (χ3v) is 3.79. The van der Waals surface area contributed by atoms with Crippen LogP contribution >= 0.6 is 0 Å². The molecule has 0 aliphatic heterocycles. The van der Waals surface area contributed by atoms with E-state index < -0.39 is 0 Å². The molecule has 0 unspecified atom stereocenters. The number of hydrogen-bond donors (Lipinski definition) is 1. The van der Waals surface area contributed by atoms with Gasteiger partial charge in [-0.1, -0.05) is 17.3 Å². The summed E-state index contributed by atoms with van der Waals surface area (Å²) in [6.45, 7) is 0.387. The third-order valence-electron chi connectivity index (χ3n) is 3.79. The highest BCUT2D eigenvalue weighted by molar-refractivity contribution is 5.94. The SMILES string of the molecule is COc1ccc(C(=O)NCCc2nc(-c3ccccc3OC)no2)cc1. The summed E-state index contributed by atoms with van der Waals surface area (Å²) < 4.78 is 15.6. The van der Waals surface area contributed by atoms with Gasteiger partial charge in [-0.15, -0.1) is 0 Å². The molecule has 134 valence electrons. The van der Waals surface area contributed by atoms with Crippen LogP contribution in [0.2, 0.25) is 0 Å². The van der Waals surface area contributed by atoms with Gasteiger partial charge >= 0.3 is 0 Å². The zero-order valence-electron chi connectivity index (χ0n) is 14.6. The first-order valence-electron chi connectivity index (χ1n) is 8.09. The van der Waals surface area contributed by atoms with E-state index in [2.05, 4.69) is 15.5 Å². The first kappa shape index (κ1) is 17.5. The average Bonchev–Trinajstić information content (AvgIpc) is 3.16. The van der Waals surface area contributed by atoms with Crippen LogP contribution < -0.4 is 14.8 Å². The molecule has 0 atom stereocenters. The Hall–Kier alpha value is -3.35. The second-order valence-corrected chi connectivity index (χ2v) is 5.45. The number of hydrogen-bond acceptors (Lipinski definition) is 6. The molecule has 0 bridgehead atoms. The topological polar surface area (TPSA) is 86.5 Å². The predicted octanol–water partition coefficient (Wildman–Crippen LogP) is 2.73. The first-order valence-corrected chi connectivity index (χ1v) is 8.09. The van der Waals surface area contributed by atoms with Crippen molar-refractivity contribution in [3.05, 3.63) is 60.0 Å². The minimum Gasteiger partial charge on any atom is -0.497 e. The van der Waals surface area contributed by atoms with Gasteiger partial charge in [-0.3, -0.25) is 4.79 Å². The van der Waals surface area contributed by atoms with Gasteiger partial charge in [0.15, 0.2) is 0 Å². The van der Waals surface area contributed by atoms with Crippen LogP contribution in [0.25, 0.3) is 11.4 Å². The second kappa shape index (κ2) is 8.15. The first-order chi connectivity index (χ1) is 12.7. The molecule has 26 heavy (non-hydrogen) atoms. The van der Waals surface area contributed by atoms with Crippen molar-refractivity contribution in [1.29, 1.82) is 0 Å². The summed E-state index contributed by atoms with van der Waals surface area (Å²) in [5, 5.41) is 6.80. The third kappa shape index (κ3) is 4.00. The molecular weight excluding hydrogens is 334 g/mol. The number of rotatable bonds is 7. The van der Waals surface area contributed by atoms with E-state index in [1.165, 1.54) is 0 Å². The molecular formula is C19H19N3O4. The van der Waals surface area contributed by atoms with Crippen molar-refractivity contribution in [2.45, 2.75) is 6.42 Å². The number of benzene rings is 2. The zero-order chi connectivity index (χ0) is 18.4. The number of para-hydroxylation sites is 1. The van der Waals surface area contributed by atoms with Crippen molar-refractivity contribution in [2.24, 2.45) is 0 Å². The average molecular weight is 353 g/mol. The largest absolute Gasteiger partial charge is 0.497 e. The Morgan fingerprint density at radius 2 is 1.85 bits per heavy atom. The Morgan fingerprint density at radius 1 is 1.08 bits per heavy atom. The van der Waals surface area contributed by atoms with Gasteiger partial charge in [-0.25, -0.2) is 0 Å². The van der Waals surface area contributed by atoms with Gasteiger partial charge < -0.3 is 19.3 Å². The lowest BCUT2D eigenvalue weighted by atomic mass is 10.2. The maximum Gasteiger partial charge on any atom is 0.251 e. The van der Waals surface area contributed by atoms with Crippen molar-refractivity contribution in [3.63, 3.8) is 0 Å². The Balaban J connectivity index is 1.57. The van der Waals surface area contributed by atoms with Crippen molar-refractivity contribution < 1.29 is 18.8 Å². The van der Waals surface area contributed by atoms with Crippen molar-refractivity contribution in [1.82, 2.24) is 15.5 Å². The Bertz CT molecular complexity index is 875. The van der Waals surface area contributed by atoms with Crippen molar-refractivity contribution >= 4 is 5.91 Å².